The molecular weight excluding hydrogens is 258 g/mol. The molecule has 1 heterocycles. The molecule has 0 aliphatic carbocycles. The van der Waals surface area contributed by atoms with Gasteiger partial charge in [-0.05, 0) is 24.3 Å². The maximum Gasteiger partial charge on any atom is 0.0832 e. The zero-order valence-corrected chi connectivity index (χ0v) is 11.2. The van der Waals surface area contributed by atoms with Crippen molar-refractivity contribution in [2.75, 3.05) is 5.88 Å². The Labute approximate surface area is 116 Å². The van der Waals surface area contributed by atoms with E-state index in [0.717, 1.165) is 24.2 Å². The molecule has 0 aliphatic rings. The van der Waals surface area contributed by atoms with E-state index in [0.29, 0.717) is 5.88 Å². The summed E-state index contributed by atoms with van der Waals surface area (Å²) in [6, 6.07) is 14.5. The molecule has 0 spiro atoms. The van der Waals surface area contributed by atoms with Gasteiger partial charge in [0.2, 0.25) is 0 Å². The first-order valence-electron chi connectivity index (χ1n) is 6.34. The summed E-state index contributed by atoms with van der Waals surface area (Å²) in [4.78, 5) is 0. The molecule has 0 unspecified atom stereocenters. The summed E-state index contributed by atoms with van der Waals surface area (Å²) < 4.78 is 1.84. The Morgan fingerprint density at radius 3 is 2.79 bits per heavy atom. The first-order chi connectivity index (χ1) is 9.38. The second-order valence-corrected chi connectivity index (χ2v) is 4.82. The highest BCUT2D eigenvalue weighted by molar-refractivity contribution is 6.17. The van der Waals surface area contributed by atoms with Crippen molar-refractivity contribution in [3.63, 3.8) is 0 Å². The third-order valence-electron chi connectivity index (χ3n) is 3.12. The number of aromatic nitrogens is 3. The quantitative estimate of drug-likeness (QED) is 0.679. The number of hydrogen-bond acceptors (Lipinski definition) is 2. The average molecular weight is 272 g/mol. The van der Waals surface area contributed by atoms with Crippen molar-refractivity contribution >= 4 is 22.4 Å². The van der Waals surface area contributed by atoms with Gasteiger partial charge < -0.3 is 0 Å². The molecule has 0 N–H and O–H groups in total. The lowest BCUT2D eigenvalue weighted by Gasteiger charge is -2.05. The number of fused-ring (bicyclic) bond motifs is 1. The SMILES string of the molecule is ClCCCc1cn(-c2cccc3ccccc23)nn1. The molecule has 2 aromatic carbocycles. The minimum absolute atomic E-state index is 0.654. The van der Waals surface area contributed by atoms with Gasteiger partial charge in [0, 0.05) is 11.3 Å². The molecule has 4 heteroatoms. The van der Waals surface area contributed by atoms with Gasteiger partial charge in [-0.1, -0.05) is 41.6 Å². The number of benzene rings is 2. The topological polar surface area (TPSA) is 30.7 Å². The maximum absolute atomic E-state index is 5.70. The fraction of sp³-hybridized carbons (Fsp3) is 0.200. The average Bonchev–Trinajstić information content (AvgIpc) is 2.93. The van der Waals surface area contributed by atoms with Crippen LogP contribution in [0.4, 0.5) is 0 Å². The Morgan fingerprint density at radius 2 is 1.89 bits per heavy atom. The molecule has 3 nitrogen and oxygen atoms in total. The van der Waals surface area contributed by atoms with Gasteiger partial charge in [-0.3, -0.25) is 0 Å². The molecular formula is C15H14ClN3. The van der Waals surface area contributed by atoms with E-state index in [-0.39, 0.29) is 0 Å². The number of rotatable bonds is 4. The monoisotopic (exact) mass is 271 g/mol. The van der Waals surface area contributed by atoms with E-state index in [4.69, 9.17) is 11.6 Å². The Morgan fingerprint density at radius 1 is 1.05 bits per heavy atom. The first-order valence-corrected chi connectivity index (χ1v) is 6.87. The normalized spacial score (nSPS) is 11.0. The molecule has 3 aromatic rings. The predicted octanol–water partition coefficient (Wildman–Crippen LogP) is 3.59. The van der Waals surface area contributed by atoms with Crippen LogP contribution >= 0.6 is 11.6 Å². The first kappa shape index (κ1) is 12.2. The molecule has 0 radical (unpaired) electrons. The summed E-state index contributed by atoms with van der Waals surface area (Å²) in [7, 11) is 0. The second kappa shape index (κ2) is 5.41. The lowest BCUT2D eigenvalue weighted by molar-refractivity contribution is 0.796. The summed E-state index contributed by atoms with van der Waals surface area (Å²) in [6.45, 7) is 0. The van der Waals surface area contributed by atoms with E-state index in [9.17, 15) is 0 Å². The zero-order valence-electron chi connectivity index (χ0n) is 10.5. The van der Waals surface area contributed by atoms with Gasteiger partial charge in [-0.25, -0.2) is 4.68 Å². The minimum Gasteiger partial charge on any atom is -0.220 e. The minimum atomic E-state index is 0.654. The fourth-order valence-corrected chi connectivity index (χ4v) is 2.32. The second-order valence-electron chi connectivity index (χ2n) is 4.45. The van der Waals surface area contributed by atoms with Crippen LogP contribution in [0.2, 0.25) is 0 Å². The van der Waals surface area contributed by atoms with Crippen molar-refractivity contribution in [3.05, 3.63) is 54.4 Å². The largest absolute Gasteiger partial charge is 0.220 e. The van der Waals surface area contributed by atoms with Crippen LogP contribution in [0.5, 0.6) is 0 Å². The number of halogens is 1. The Hall–Kier alpha value is -1.87. The third-order valence-corrected chi connectivity index (χ3v) is 3.39. The Balaban J connectivity index is 2.02. The lowest BCUT2D eigenvalue weighted by Crippen LogP contribution is -1.95. The number of hydrogen-bond donors (Lipinski definition) is 0. The predicted molar refractivity (Wildman–Crippen MR) is 77.9 cm³/mol. The van der Waals surface area contributed by atoms with Crippen LogP contribution in [0.3, 0.4) is 0 Å². The van der Waals surface area contributed by atoms with Gasteiger partial charge >= 0.3 is 0 Å². The smallest absolute Gasteiger partial charge is 0.0832 e. The number of aryl methyl sites for hydroxylation is 1. The van der Waals surface area contributed by atoms with Crippen molar-refractivity contribution in [2.24, 2.45) is 0 Å². The van der Waals surface area contributed by atoms with Gasteiger partial charge in [0.05, 0.1) is 17.6 Å². The highest BCUT2D eigenvalue weighted by Crippen LogP contribution is 2.21. The molecule has 0 fully saturated rings. The molecule has 19 heavy (non-hydrogen) atoms. The molecule has 0 saturated carbocycles. The molecule has 0 saturated heterocycles. The van der Waals surface area contributed by atoms with Gasteiger partial charge in [-0.2, -0.15) is 0 Å². The van der Waals surface area contributed by atoms with Crippen molar-refractivity contribution in [3.8, 4) is 5.69 Å². The van der Waals surface area contributed by atoms with E-state index < -0.39 is 0 Å². The Kier molecular flexibility index (Phi) is 3.47. The van der Waals surface area contributed by atoms with Crippen molar-refractivity contribution in [1.29, 1.82) is 0 Å². The molecule has 0 bridgehead atoms. The van der Waals surface area contributed by atoms with Crippen LogP contribution < -0.4 is 0 Å². The summed E-state index contributed by atoms with van der Waals surface area (Å²) in [5, 5.41) is 10.8. The van der Waals surface area contributed by atoms with E-state index in [2.05, 4.69) is 34.6 Å². The van der Waals surface area contributed by atoms with Crippen molar-refractivity contribution in [2.45, 2.75) is 12.8 Å². The lowest BCUT2D eigenvalue weighted by atomic mass is 10.1. The third kappa shape index (κ3) is 2.47. The van der Waals surface area contributed by atoms with Gasteiger partial charge in [0.15, 0.2) is 0 Å². The van der Waals surface area contributed by atoms with Crippen LogP contribution in [-0.2, 0) is 6.42 Å². The zero-order chi connectivity index (χ0) is 13.1. The summed E-state index contributed by atoms with van der Waals surface area (Å²) in [5.41, 5.74) is 2.04. The highest BCUT2D eigenvalue weighted by Gasteiger charge is 2.05. The fourth-order valence-electron chi connectivity index (χ4n) is 2.19. The van der Waals surface area contributed by atoms with E-state index >= 15 is 0 Å². The molecule has 3 rings (SSSR count). The van der Waals surface area contributed by atoms with Gasteiger partial charge in [-0.15, -0.1) is 16.7 Å². The summed E-state index contributed by atoms with van der Waals surface area (Å²) in [5.74, 6) is 0.654. The maximum atomic E-state index is 5.70. The molecule has 1 aromatic heterocycles. The summed E-state index contributed by atoms with van der Waals surface area (Å²) >= 11 is 5.70. The van der Waals surface area contributed by atoms with Crippen LogP contribution in [0.15, 0.2) is 48.7 Å². The molecule has 0 amide bonds. The van der Waals surface area contributed by atoms with Crippen LogP contribution in [-0.4, -0.2) is 20.9 Å². The van der Waals surface area contributed by atoms with E-state index in [1.165, 1.54) is 10.8 Å². The standard InChI is InChI=1S/C15H14ClN3/c16-10-4-7-13-11-19(18-17-13)15-9-3-6-12-5-1-2-8-14(12)15/h1-3,5-6,8-9,11H,4,7,10H2. The molecule has 0 atom stereocenters. The van der Waals surface area contributed by atoms with Crippen LogP contribution in [0.1, 0.15) is 12.1 Å². The van der Waals surface area contributed by atoms with Gasteiger partial charge in [0.25, 0.3) is 0 Å². The van der Waals surface area contributed by atoms with Crippen LogP contribution in [0, 0.1) is 0 Å². The van der Waals surface area contributed by atoms with Crippen LogP contribution in [0.25, 0.3) is 16.5 Å². The van der Waals surface area contributed by atoms with Gasteiger partial charge in [0.1, 0.15) is 0 Å². The molecule has 96 valence electrons. The number of nitrogens with zero attached hydrogens (tertiary/aromatic N) is 3. The Bertz CT molecular complexity index is 685. The van der Waals surface area contributed by atoms with E-state index in [1.807, 2.05) is 29.1 Å². The van der Waals surface area contributed by atoms with Crippen molar-refractivity contribution < 1.29 is 0 Å². The number of alkyl halides is 1. The molecule has 0 aliphatic heterocycles. The van der Waals surface area contributed by atoms with Crippen molar-refractivity contribution in [1.82, 2.24) is 15.0 Å². The highest BCUT2D eigenvalue weighted by atomic mass is 35.5. The summed E-state index contributed by atoms with van der Waals surface area (Å²) in [6.07, 6.45) is 3.78. The van der Waals surface area contributed by atoms with E-state index in [1.54, 1.807) is 0 Å².